The van der Waals surface area contributed by atoms with Crippen LogP contribution in [0.5, 0.6) is 11.5 Å². The van der Waals surface area contributed by atoms with Gasteiger partial charge in [-0.25, -0.2) is 0 Å². The molecular formula is C17H29NO3. The molecule has 0 aliphatic carbocycles. The van der Waals surface area contributed by atoms with Crippen molar-refractivity contribution in [3.8, 4) is 11.5 Å². The first-order valence-corrected chi connectivity index (χ1v) is 7.79. The number of nitrogens with one attached hydrogen (secondary N) is 1. The molecule has 0 heterocycles. The number of hydrogen-bond acceptors (Lipinski definition) is 4. The van der Waals surface area contributed by atoms with Crippen molar-refractivity contribution in [2.75, 3.05) is 26.9 Å². The summed E-state index contributed by atoms with van der Waals surface area (Å²) in [6, 6.07) is 6.08. The highest BCUT2D eigenvalue weighted by Gasteiger charge is 2.05. The first-order chi connectivity index (χ1) is 10.2. The Labute approximate surface area is 128 Å². The summed E-state index contributed by atoms with van der Waals surface area (Å²) < 4.78 is 16.5. The van der Waals surface area contributed by atoms with E-state index in [1.165, 1.54) is 5.56 Å². The van der Waals surface area contributed by atoms with Crippen LogP contribution in [-0.4, -0.2) is 33.0 Å². The average molecular weight is 295 g/mol. The third kappa shape index (κ3) is 7.34. The summed E-state index contributed by atoms with van der Waals surface area (Å²) in [6.07, 6.45) is 2.32. The molecule has 0 spiro atoms. The number of benzene rings is 1. The van der Waals surface area contributed by atoms with Crippen LogP contribution in [0.3, 0.4) is 0 Å². The van der Waals surface area contributed by atoms with Crippen LogP contribution in [0.25, 0.3) is 0 Å². The summed E-state index contributed by atoms with van der Waals surface area (Å²) in [6.45, 7) is 9.49. The monoisotopic (exact) mass is 295 g/mol. The lowest BCUT2D eigenvalue weighted by Crippen LogP contribution is -2.17. The van der Waals surface area contributed by atoms with Gasteiger partial charge in [-0.2, -0.15) is 0 Å². The van der Waals surface area contributed by atoms with Crippen molar-refractivity contribution in [2.45, 2.75) is 46.3 Å². The van der Waals surface area contributed by atoms with Crippen molar-refractivity contribution in [1.29, 1.82) is 0 Å². The maximum absolute atomic E-state index is 5.65. The Morgan fingerprint density at radius 1 is 1.14 bits per heavy atom. The highest BCUT2D eigenvalue weighted by atomic mass is 16.5. The Morgan fingerprint density at radius 3 is 2.62 bits per heavy atom. The molecule has 0 bridgehead atoms. The average Bonchev–Trinajstić information content (AvgIpc) is 2.48. The highest BCUT2D eigenvalue weighted by Crippen LogP contribution is 2.28. The lowest BCUT2D eigenvalue weighted by atomic mass is 10.2. The zero-order chi connectivity index (χ0) is 15.5. The molecule has 1 N–H and O–H groups in total. The van der Waals surface area contributed by atoms with Crippen molar-refractivity contribution in [3.63, 3.8) is 0 Å². The molecule has 0 atom stereocenters. The van der Waals surface area contributed by atoms with E-state index >= 15 is 0 Å². The van der Waals surface area contributed by atoms with E-state index in [9.17, 15) is 0 Å². The van der Waals surface area contributed by atoms with E-state index in [0.717, 1.165) is 44.0 Å². The molecule has 1 aromatic rings. The Morgan fingerprint density at radius 2 is 1.95 bits per heavy atom. The quantitative estimate of drug-likeness (QED) is 0.635. The summed E-state index contributed by atoms with van der Waals surface area (Å²) in [5, 5.41) is 3.41. The van der Waals surface area contributed by atoms with E-state index in [0.29, 0.717) is 12.7 Å². The lowest BCUT2D eigenvalue weighted by Gasteiger charge is -2.12. The first-order valence-electron chi connectivity index (χ1n) is 7.79. The summed E-state index contributed by atoms with van der Waals surface area (Å²) in [5.74, 6) is 1.61. The second-order valence-electron chi connectivity index (χ2n) is 5.28. The fourth-order valence-electron chi connectivity index (χ4n) is 1.90. The van der Waals surface area contributed by atoms with Crippen LogP contribution in [0.4, 0.5) is 0 Å². The zero-order valence-corrected chi connectivity index (χ0v) is 13.8. The van der Waals surface area contributed by atoms with Crippen LogP contribution >= 0.6 is 0 Å². The smallest absolute Gasteiger partial charge is 0.161 e. The van der Waals surface area contributed by atoms with Crippen LogP contribution in [0, 0.1) is 0 Å². The van der Waals surface area contributed by atoms with Gasteiger partial charge in [-0.15, -0.1) is 0 Å². The van der Waals surface area contributed by atoms with Crippen molar-refractivity contribution >= 4 is 0 Å². The molecule has 21 heavy (non-hydrogen) atoms. The molecule has 0 amide bonds. The molecule has 1 rings (SSSR count). The van der Waals surface area contributed by atoms with Crippen molar-refractivity contribution < 1.29 is 14.2 Å². The van der Waals surface area contributed by atoms with Gasteiger partial charge in [-0.3, -0.25) is 0 Å². The van der Waals surface area contributed by atoms with Crippen LogP contribution < -0.4 is 14.8 Å². The molecule has 0 aromatic heterocycles. The molecule has 0 saturated carbocycles. The molecule has 0 saturated heterocycles. The second kappa shape index (κ2) is 10.5. The number of rotatable bonds is 11. The molecule has 4 heteroatoms. The molecule has 0 unspecified atom stereocenters. The fourth-order valence-corrected chi connectivity index (χ4v) is 1.90. The molecule has 0 aliphatic rings. The number of ether oxygens (including phenoxy) is 3. The maximum atomic E-state index is 5.65. The van der Waals surface area contributed by atoms with E-state index in [-0.39, 0.29) is 0 Å². The van der Waals surface area contributed by atoms with Crippen LogP contribution in [0.2, 0.25) is 0 Å². The van der Waals surface area contributed by atoms with Crippen LogP contribution in [0.15, 0.2) is 18.2 Å². The van der Waals surface area contributed by atoms with Gasteiger partial charge < -0.3 is 19.5 Å². The predicted octanol–water partition coefficient (Wildman–Crippen LogP) is 3.39. The summed E-state index contributed by atoms with van der Waals surface area (Å²) in [5.41, 5.74) is 1.19. The van der Waals surface area contributed by atoms with Gasteiger partial charge in [-0.1, -0.05) is 13.0 Å². The van der Waals surface area contributed by atoms with Crippen molar-refractivity contribution in [2.24, 2.45) is 0 Å². The standard InChI is InChI=1S/C17H29NO3/c1-5-10-21-16-8-7-15(12-17(16)19-4)13-18-9-6-11-20-14(2)3/h7-8,12,14,18H,5-6,9-11,13H2,1-4H3. The maximum Gasteiger partial charge on any atom is 0.161 e. The fraction of sp³-hybridized carbons (Fsp3) is 0.647. The Balaban J connectivity index is 2.35. The van der Waals surface area contributed by atoms with Gasteiger partial charge >= 0.3 is 0 Å². The summed E-state index contributed by atoms with van der Waals surface area (Å²) in [4.78, 5) is 0. The largest absolute Gasteiger partial charge is 0.493 e. The Bertz CT molecular complexity index is 394. The molecule has 0 aliphatic heterocycles. The Hall–Kier alpha value is -1.26. The van der Waals surface area contributed by atoms with Gasteiger partial charge in [0, 0.05) is 13.2 Å². The molecule has 0 fully saturated rings. The normalized spacial score (nSPS) is 10.9. The van der Waals surface area contributed by atoms with E-state index in [2.05, 4.69) is 32.2 Å². The van der Waals surface area contributed by atoms with E-state index in [1.807, 2.05) is 12.1 Å². The van der Waals surface area contributed by atoms with Crippen molar-refractivity contribution in [1.82, 2.24) is 5.32 Å². The summed E-state index contributed by atoms with van der Waals surface area (Å²) in [7, 11) is 1.68. The van der Waals surface area contributed by atoms with Gasteiger partial charge in [0.05, 0.1) is 19.8 Å². The summed E-state index contributed by atoms with van der Waals surface area (Å²) >= 11 is 0. The minimum absolute atomic E-state index is 0.310. The van der Waals surface area contributed by atoms with E-state index in [4.69, 9.17) is 14.2 Å². The Kier molecular flexibility index (Phi) is 8.87. The van der Waals surface area contributed by atoms with Gasteiger partial charge in [0.25, 0.3) is 0 Å². The van der Waals surface area contributed by atoms with E-state index in [1.54, 1.807) is 7.11 Å². The highest BCUT2D eigenvalue weighted by molar-refractivity contribution is 5.42. The number of hydrogen-bond donors (Lipinski definition) is 1. The first kappa shape index (κ1) is 17.8. The molecule has 1 aromatic carbocycles. The molecular weight excluding hydrogens is 266 g/mol. The SMILES string of the molecule is CCCOc1ccc(CNCCCOC(C)C)cc1OC. The molecule has 4 nitrogen and oxygen atoms in total. The van der Waals surface area contributed by atoms with Gasteiger partial charge in [0.1, 0.15) is 0 Å². The topological polar surface area (TPSA) is 39.7 Å². The van der Waals surface area contributed by atoms with Gasteiger partial charge in [0.2, 0.25) is 0 Å². The van der Waals surface area contributed by atoms with Crippen LogP contribution in [-0.2, 0) is 11.3 Å². The third-order valence-electron chi connectivity index (χ3n) is 2.97. The van der Waals surface area contributed by atoms with E-state index < -0.39 is 0 Å². The molecule has 120 valence electrons. The van der Waals surface area contributed by atoms with Crippen LogP contribution in [0.1, 0.15) is 39.2 Å². The lowest BCUT2D eigenvalue weighted by molar-refractivity contribution is 0.0770. The van der Waals surface area contributed by atoms with Gasteiger partial charge in [-0.05, 0) is 50.9 Å². The third-order valence-corrected chi connectivity index (χ3v) is 2.97. The predicted molar refractivity (Wildman–Crippen MR) is 86.2 cm³/mol. The van der Waals surface area contributed by atoms with Crippen molar-refractivity contribution in [3.05, 3.63) is 23.8 Å². The zero-order valence-electron chi connectivity index (χ0n) is 13.8. The minimum Gasteiger partial charge on any atom is -0.493 e. The number of methoxy groups -OCH3 is 1. The minimum atomic E-state index is 0.310. The molecule has 0 radical (unpaired) electrons. The van der Waals surface area contributed by atoms with Gasteiger partial charge in [0.15, 0.2) is 11.5 Å². The second-order valence-corrected chi connectivity index (χ2v) is 5.28.